The van der Waals surface area contributed by atoms with Crippen molar-refractivity contribution in [1.29, 1.82) is 0 Å². The molecule has 2 aromatic rings. The second-order valence-corrected chi connectivity index (χ2v) is 14.9. The van der Waals surface area contributed by atoms with E-state index < -0.39 is 10.8 Å². The number of carbonyl (C=O) groups is 2. The second kappa shape index (κ2) is 14.6. The van der Waals surface area contributed by atoms with Crippen LogP contribution in [0, 0.1) is 21.7 Å². The quantitative estimate of drug-likeness (QED) is 0.187. The van der Waals surface area contributed by atoms with Gasteiger partial charge in [-0.15, -0.1) is 10.2 Å². The molecule has 1 heterocycles. The number of rotatable bonds is 17. The van der Waals surface area contributed by atoms with E-state index in [9.17, 15) is 9.59 Å². The Morgan fingerprint density at radius 1 is 0.902 bits per heavy atom. The first-order valence-electron chi connectivity index (χ1n) is 14.4. The summed E-state index contributed by atoms with van der Waals surface area (Å²) < 4.78 is 11.6. The minimum absolute atomic E-state index is 0.0541. The maximum atomic E-state index is 13.2. The first-order chi connectivity index (χ1) is 19.0. The highest BCUT2D eigenvalue weighted by molar-refractivity contribution is 7.99. The molecule has 0 aliphatic rings. The Hall–Kier alpha value is -2.43. The number of hydrogen-bond donors (Lipinski definition) is 3. The van der Waals surface area contributed by atoms with Crippen LogP contribution in [0.4, 0.5) is 5.69 Å². The minimum Gasteiger partial charge on any atom is -0.411 e. The average Bonchev–Trinajstić information content (AvgIpc) is 3.32. The van der Waals surface area contributed by atoms with E-state index in [-0.39, 0.29) is 22.6 Å². The molecule has 1 aromatic carbocycles. The Bertz CT molecular complexity index is 1130. The molecule has 0 fully saturated rings. The number of anilines is 1. The van der Waals surface area contributed by atoms with Crippen LogP contribution in [-0.2, 0) is 14.3 Å². The van der Waals surface area contributed by atoms with Crippen molar-refractivity contribution >= 4 is 29.3 Å². The summed E-state index contributed by atoms with van der Waals surface area (Å²) in [6, 6.07) is 7.29. The van der Waals surface area contributed by atoms with Crippen LogP contribution in [0.3, 0.4) is 0 Å². The standard InChI is InChI=1S/C31H51N5O4S/c1-10-41-27-36-35-24(40-27)22-11-13-23(14-12-22)34-26(38)31(8,9)19-30(6,7)25(37)33-18-16-29(4,5)21-39-20-28(2,3)15-17-32/h11-14H,10,15-21,32H2,1-9H3,(H,33,37)(H,34,38). The molecule has 0 unspecified atom stereocenters. The van der Waals surface area contributed by atoms with E-state index in [2.05, 4.69) is 48.5 Å². The Balaban J connectivity index is 1.86. The maximum Gasteiger partial charge on any atom is 0.276 e. The first kappa shape index (κ1) is 34.8. The molecule has 230 valence electrons. The molecular formula is C31H51N5O4S. The Morgan fingerprint density at radius 3 is 2.07 bits per heavy atom. The van der Waals surface area contributed by atoms with Crippen molar-refractivity contribution in [2.75, 3.05) is 37.4 Å². The Kier molecular flexibility index (Phi) is 12.4. The molecule has 0 saturated carbocycles. The van der Waals surface area contributed by atoms with E-state index >= 15 is 0 Å². The molecule has 2 amide bonds. The minimum atomic E-state index is -0.776. The van der Waals surface area contributed by atoms with Gasteiger partial charge in [-0.2, -0.15) is 0 Å². The van der Waals surface area contributed by atoms with Crippen molar-refractivity contribution in [2.24, 2.45) is 27.4 Å². The predicted molar refractivity (Wildman–Crippen MR) is 167 cm³/mol. The van der Waals surface area contributed by atoms with Crippen molar-refractivity contribution in [3.63, 3.8) is 0 Å². The fraction of sp³-hybridized carbons (Fsp3) is 0.677. The molecule has 0 aliphatic carbocycles. The number of nitrogens with two attached hydrogens (primary N) is 1. The van der Waals surface area contributed by atoms with E-state index in [1.807, 2.05) is 58.9 Å². The van der Waals surface area contributed by atoms with Crippen LogP contribution in [0.5, 0.6) is 0 Å². The van der Waals surface area contributed by atoms with Gasteiger partial charge in [0.05, 0.1) is 13.2 Å². The van der Waals surface area contributed by atoms with Gasteiger partial charge in [-0.3, -0.25) is 9.59 Å². The van der Waals surface area contributed by atoms with Gasteiger partial charge in [0.2, 0.25) is 17.7 Å². The monoisotopic (exact) mass is 589 g/mol. The summed E-state index contributed by atoms with van der Waals surface area (Å²) in [6.07, 6.45) is 2.09. The summed E-state index contributed by atoms with van der Waals surface area (Å²) in [7, 11) is 0. The number of thioether (sulfide) groups is 1. The number of amides is 2. The van der Waals surface area contributed by atoms with Gasteiger partial charge >= 0.3 is 0 Å². The van der Waals surface area contributed by atoms with Crippen LogP contribution in [0.15, 0.2) is 33.9 Å². The molecule has 9 nitrogen and oxygen atoms in total. The molecule has 2 rings (SSSR count). The lowest BCUT2D eigenvalue weighted by Crippen LogP contribution is -2.44. The molecule has 1 aromatic heterocycles. The zero-order chi connectivity index (χ0) is 30.9. The molecule has 0 radical (unpaired) electrons. The van der Waals surface area contributed by atoms with E-state index in [1.165, 1.54) is 11.8 Å². The lowest BCUT2D eigenvalue weighted by atomic mass is 9.74. The van der Waals surface area contributed by atoms with Gasteiger partial charge < -0.3 is 25.5 Å². The number of nitrogens with one attached hydrogen (secondary N) is 2. The van der Waals surface area contributed by atoms with Crippen molar-refractivity contribution in [3.05, 3.63) is 24.3 Å². The summed E-state index contributed by atoms with van der Waals surface area (Å²) in [5, 5.41) is 14.7. The number of carbonyl (C=O) groups excluding carboxylic acids is 2. The number of aromatic nitrogens is 2. The van der Waals surface area contributed by atoms with Gasteiger partial charge in [-0.05, 0) is 66.7 Å². The van der Waals surface area contributed by atoms with Crippen LogP contribution in [0.2, 0.25) is 0 Å². The fourth-order valence-corrected chi connectivity index (χ4v) is 5.15. The highest BCUT2D eigenvalue weighted by atomic mass is 32.2. The van der Waals surface area contributed by atoms with Gasteiger partial charge in [-0.1, -0.05) is 74.1 Å². The second-order valence-electron chi connectivity index (χ2n) is 13.6. The summed E-state index contributed by atoms with van der Waals surface area (Å²) in [4.78, 5) is 26.3. The molecule has 41 heavy (non-hydrogen) atoms. The smallest absolute Gasteiger partial charge is 0.276 e. The molecule has 0 spiro atoms. The summed E-state index contributed by atoms with van der Waals surface area (Å²) in [6.45, 7) is 20.6. The normalized spacial score (nSPS) is 12.8. The Labute approximate surface area is 250 Å². The number of ether oxygens (including phenoxy) is 1. The molecule has 0 atom stereocenters. The third kappa shape index (κ3) is 11.4. The van der Waals surface area contributed by atoms with Gasteiger partial charge in [0.1, 0.15) is 0 Å². The van der Waals surface area contributed by atoms with Crippen molar-refractivity contribution in [2.45, 2.75) is 86.8 Å². The lowest BCUT2D eigenvalue weighted by Gasteiger charge is -2.33. The van der Waals surface area contributed by atoms with Crippen LogP contribution in [0.25, 0.3) is 11.5 Å². The molecule has 10 heteroatoms. The fourth-order valence-electron chi connectivity index (χ4n) is 4.66. The number of benzene rings is 1. The van der Waals surface area contributed by atoms with Crippen molar-refractivity contribution < 1.29 is 18.7 Å². The number of hydrogen-bond acceptors (Lipinski definition) is 8. The largest absolute Gasteiger partial charge is 0.411 e. The van der Waals surface area contributed by atoms with E-state index in [1.54, 1.807) is 0 Å². The third-order valence-corrected chi connectivity index (χ3v) is 7.77. The third-order valence-electron chi connectivity index (χ3n) is 7.07. The predicted octanol–water partition coefficient (Wildman–Crippen LogP) is 6.15. The SMILES string of the molecule is CCSc1nnc(-c2ccc(NC(=O)C(C)(C)CC(C)(C)C(=O)NCCC(C)(C)COCC(C)(C)CCN)cc2)o1. The summed E-state index contributed by atoms with van der Waals surface area (Å²) in [5.74, 6) is 1.07. The van der Waals surface area contributed by atoms with E-state index in [0.717, 1.165) is 24.2 Å². The molecule has 0 bridgehead atoms. The zero-order valence-corrected chi connectivity index (χ0v) is 27.3. The summed E-state index contributed by atoms with van der Waals surface area (Å²) in [5.41, 5.74) is 5.60. The van der Waals surface area contributed by atoms with Crippen molar-refractivity contribution in [1.82, 2.24) is 15.5 Å². The molecular weight excluding hydrogens is 538 g/mol. The topological polar surface area (TPSA) is 132 Å². The highest BCUT2D eigenvalue weighted by Gasteiger charge is 2.39. The van der Waals surface area contributed by atoms with Gasteiger partial charge in [0.15, 0.2) is 0 Å². The lowest BCUT2D eigenvalue weighted by molar-refractivity contribution is -0.133. The van der Waals surface area contributed by atoms with Gasteiger partial charge in [0, 0.05) is 28.6 Å². The average molecular weight is 590 g/mol. The molecule has 4 N–H and O–H groups in total. The molecule has 0 saturated heterocycles. The van der Waals surface area contributed by atoms with Crippen LogP contribution in [0.1, 0.15) is 81.6 Å². The van der Waals surface area contributed by atoms with Crippen molar-refractivity contribution in [3.8, 4) is 11.5 Å². The first-order valence-corrected chi connectivity index (χ1v) is 15.4. The van der Waals surface area contributed by atoms with Gasteiger partial charge in [0.25, 0.3) is 5.22 Å². The highest BCUT2D eigenvalue weighted by Crippen LogP contribution is 2.35. The van der Waals surface area contributed by atoms with Crippen LogP contribution < -0.4 is 16.4 Å². The Morgan fingerprint density at radius 2 is 1.49 bits per heavy atom. The summed E-state index contributed by atoms with van der Waals surface area (Å²) >= 11 is 1.49. The molecule has 0 aliphatic heterocycles. The van der Waals surface area contributed by atoms with E-state index in [4.69, 9.17) is 14.9 Å². The van der Waals surface area contributed by atoms with Crippen LogP contribution >= 0.6 is 11.8 Å². The van der Waals surface area contributed by atoms with Gasteiger partial charge in [-0.25, -0.2) is 0 Å². The maximum absolute atomic E-state index is 13.2. The zero-order valence-electron chi connectivity index (χ0n) is 26.5. The number of nitrogens with zero attached hydrogens (tertiary/aromatic N) is 2. The van der Waals surface area contributed by atoms with E-state index in [0.29, 0.717) is 49.5 Å². The van der Waals surface area contributed by atoms with Crippen LogP contribution in [-0.4, -0.2) is 54.1 Å².